The largest absolute Gasteiger partial charge is 0.373 e. The van der Waals surface area contributed by atoms with E-state index in [9.17, 15) is 8.42 Å². The molecule has 0 aliphatic carbocycles. The van der Waals surface area contributed by atoms with Gasteiger partial charge in [-0.25, -0.2) is 13.4 Å². The molecule has 2 aliphatic heterocycles. The fourth-order valence-electron chi connectivity index (χ4n) is 4.22. The van der Waals surface area contributed by atoms with Crippen molar-refractivity contribution < 1.29 is 13.2 Å². The average molecular weight is 456 g/mol. The molecule has 5 heterocycles. The number of piperazine rings is 1. The monoisotopic (exact) mass is 455 g/mol. The Hall–Kier alpha value is -3.02. The number of nitrogens with one attached hydrogen (secondary N) is 1. The first-order chi connectivity index (χ1) is 15.4. The zero-order valence-electron chi connectivity index (χ0n) is 17.9. The molecule has 32 heavy (non-hydrogen) atoms. The molecule has 0 amide bonds. The van der Waals surface area contributed by atoms with Gasteiger partial charge >= 0.3 is 0 Å². The van der Waals surface area contributed by atoms with Gasteiger partial charge in [0, 0.05) is 62.3 Å². The molecule has 2 fully saturated rings. The van der Waals surface area contributed by atoms with Crippen LogP contribution in [0.5, 0.6) is 0 Å². The number of ether oxygens (including phenoxy) is 1. The van der Waals surface area contributed by atoms with E-state index >= 15 is 0 Å². The lowest BCUT2D eigenvalue weighted by Crippen LogP contribution is -2.48. The van der Waals surface area contributed by atoms with Crippen LogP contribution in [-0.4, -0.2) is 85.1 Å². The van der Waals surface area contributed by atoms with E-state index in [1.807, 2.05) is 12.1 Å². The van der Waals surface area contributed by atoms with Crippen LogP contribution >= 0.6 is 0 Å². The third-order valence-electron chi connectivity index (χ3n) is 5.88. The Morgan fingerprint density at radius 3 is 2.62 bits per heavy atom. The second kappa shape index (κ2) is 8.15. The molecule has 1 N–H and O–H groups in total. The van der Waals surface area contributed by atoms with Gasteiger partial charge in [-0.1, -0.05) is 6.58 Å². The summed E-state index contributed by atoms with van der Waals surface area (Å²) in [4.78, 5) is 13.9. The van der Waals surface area contributed by atoms with Crippen molar-refractivity contribution in [2.75, 3.05) is 62.0 Å². The molecule has 11 heteroatoms. The summed E-state index contributed by atoms with van der Waals surface area (Å²) in [7, 11) is -3.20. The van der Waals surface area contributed by atoms with Crippen molar-refractivity contribution in [1.29, 1.82) is 0 Å². The number of anilines is 2. The first-order valence-corrected chi connectivity index (χ1v) is 12.3. The van der Waals surface area contributed by atoms with E-state index < -0.39 is 10.0 Å². The second-order valence-electron chi connectivity index (χ2n) is 7.95. The van der Waals surface area contributed by atoms with Crippen LogP contribution in [0.3, 0.4) is 0 Å². The third kappa shape index (κ3) is 3.83. The number of hydrogen-bond donors (Lipinski definition) is 1. The van der Waals surface area contributed by atoms with Crippen LogP contribution in [0.2, 0.25) is 0 Å². The minimum atomic E-state index is -3.20. The number of aromatic nitrogens is 4. The summed E-state index contributed by atoms with van der Waals surface area (Å²) in [6.07, 6.45) is 4.72. The number of rotatable bonds is 4. The summed E-state index contributed by atoms with van der Waals surface area (Å²) in [5, 5.41) is 8.01. The van der Waals surface area contributed by atoms with Crippen LogP contribution in [0.1, 0.15) is 0 Å². The van der Waals surface area contributed by atoms with Crippen LogP contribution in [0.15, 0.2) is 42.9 Å². The Bertz CT molecular complexity index is 1250. The van der Waals surface area contributed by atoms with E-state index in [1.54, 1.807) is 12.4 Å². The number of sulfonamides is 1. The average Bonchev–Trinajstić information content (AvgIpc) is 3.32. The topological polar surface area (TPSA) is 108 Å². The molecule has 168 valence electrons. The first kappa shape index (κ1) is 20.9. The highest BCUT2D eigenvalue weighted by molar-refractivity contribution is 7.88. The summed E-state index contributed by atoms with van der Waals surface area (Å²) in [6, 6.07) is 5.89. The molecule has 0 spiro atoms. The smallest absolute Gasteiger partial charge is 0.211 e. The van der Waals surface area contributed by atoms with Crippen LogP contribution in [0, 0.1) is 0 Å². The van der Waals surface area contributed by atoms with Gasteiger partial charge in [-0.3, -0.25) is 10.1 Å². The molecule has 3 aromatic rings. The van der Waals surface area contributed by atoms with Crippen molar-refractivity contribution in [3.8, 4) is 11.4 Å². The van der Waals surface area contributed by atoms with Gasteiger partial charge in [0.2, 0.25) is 10.0 Å². The molecule has 5 rings (SSSR count). The normalized spacial score (nSPS) is 18.5. The van der Waals surface area contributed by atoms with Crippen LogP contribution in [0.25, 0.3) is 22.3 Å². The highest BCUT2D eigenvalue weighted by atomic mass is 32.2. The van der Waals surface area contributed by atoms with E-state index in [2.05, 4.69) is 37.6 Å². The zero-order chi connectivity index (χ0) is 22.3. The fraction of sp³-hybridized carbons (Fsp3) is 0.381. The van der Waals surface area contributed by atoms with E-state index in [4.69, 9.17) is 9.72 Å². The molecule has 3 aromatic heterocycles. The standard InChI is InChI=1S/C21H25N7O3S/c1-15-14-31-12-11-28(15)19-13-18(26-7-9-27(10-8-26)32(2,29)30)16-3-5-22-21(20(16)24-19)17-4-6-23-25-17/h3-6,13H,1,7-12,14H2,2H3,(H,23,25). The molecule has 0 radical (unpaired) electrons. The number of morpholine rings is 1. The predicted octanol–water partition coefficient (Wildman–Crippen LogP) is 1.45. The van der Waals surface area contributed by atoms with E-state index in [0.717, 1.165) is 39.5 Å². The zero-order valence-corrected chi connectivity index (χ0v) is 18.7. The minimum absolute atomic E-state index is 0.445. The number of pyridine rings is 2. The molecule has 2 saturated heterocycles. The maximum atomic E-state index is 12.0. The number of hydrogen-bond acceptors (Lipinski definition) is 8. The first-order valence-electron chi connectivity index (χ1n) is 10.4. The van der Waals surface area contributed by atoms with Crippen molar-refractivity contribution in [3.63, 3.8) is 0 Å². The van der Waals surface area contributed by atoms with Gasteiger partial charge in [-0.2, -0.15) is 9.40 Å². The Labute approximate surface area is 186 Å². The van der Waals surface area contributed by atoms with E-state index in [1.165, 1.54) is 10.6 Å². The summed E-state index contributed by atoms with van der Waals surface area (Å²) in [5.74, 6) is 0.778. The highest BCUT2D eigenvalue weighted by Gasteiger charge is 2.27. The number of nitrogens with zero attached hydrogens (tertiary/aromatic N) is 6. The Balaban J connectivity index is 1.63. The number of H-pyrrole nitrogens is 1. The Morgan fingerprint density at radius 2 is 1.94 bits per heavy atom. The van der Waals surface area contributed by atoms with Crippen molar-refractivity contribution in [1.82, 2.24) is 24.5 Å². The molecule has 0 unspecified atom stereocenters. The molecule has 10 nitrogen and oxygen atoms in total. The quantitative estimate of drug-likeness (QED) is 0.630. The molecular formula is C21H25N7O3S. The SMILES string of the molecule is C=C1COCCN1c1cc(N2CCN(S(C)(=O)=O)CC2)c2ccnc(-c3ccn[nH]3)c2n1. The van der Waals surface area contributed by atoms with Gasteiger partial charge in [0.15, 0.2) is 0 Å². The third-order valence-corrected chi connectivity index (χ3v) is 7.19. The molecular weight excluding hydrogens is 430 g/mol. The van der Waals surface area contributed by atoms with E-state index in [-0.39, 0.29) is 0 Å². The Morgan fingerprint density at radius 1 is 1.12 bits per heavy atom. The van der Waals surface area contributed by atoms with Crippen LogP contribution < -0.4 is 9.80 Å². The minimum Gasteiger partial charge on any atom is -0.373 e. The summed E-state index contributed by atoms with van der Waals surface area (Å²) >= 11 is 0. The lowest BCUT2D eigenvalue weighted by atomic mass is 10.1. The van der Waals surface area contributed by atoms with Gasteiger partial charge in [0.05, 0.1) is 30.9 Å². The highest BCUT2D eigenvalue weighted by Crippen LogP contribution is 2.35. The molecule has 0 atom stereocenters. The Kier molecular flexibility index (Phi) is 5.31. The van der Waals surface area contributed by atoms with Crippen molar-refractivity contribution in [3.05, 3.63) is 42.9 Å². The molecule has 2 aliphatic rings. The lowest BCUT2D eigenvalue weighted by molar-refractivity contribution is 0.143. The predicted molar refractivity (Wildman–Crippen MR) is 123 cm³/mol. The van der Waals surface area contributed by atoms with Crippen molar-refractivity contribution in [2.24, 2.45) is 0 Å². The summed E-state index contributed by atoms with van der Waals surface area (Å²) < 4.78 is 31.0. The van der Waals surface area contributed by atoms with Crippen molar-refractivity contribution >= 4 is 32.4 Å². The van der Waals surface area contributed by atoms with Crippen molar-refractivity contribution in [2.45, 2.75) is 0 Å². The van der Waals surface area contributed by atoms with Gasteiger partial charge in [-0.05, 0) is 12.1 Å². The van der Waals surface area contributed by atoms with Gasteiger partial charge < -0.3 is 14.5 Å². The van der Waals surface area contributed by atoms with Gasteiger partial charge in [-0.15, -0.1) is 0 Å². The second-order valence-corrected chi connectivity index (χ2v) is 9.93. The molecule has 0 aromatic carbocycles. The number of aromatic amines is 1. The maximum absolute atomic E-state index is 12.0. The van der Waals surface area contributed by atoms with Gasteiger partial charge in [0.25, 0.3) is 0 Å². The molecule has 0 bridgehead atoms. The van der Waals surface area contributed by atoms with Crippen LogP contribution in [-0.2, 0) is 14.8 Å². The maximum Gasteiger partial charge on any atom is 0.211 e. The summed E-state index contributed by atoms with van der Waals surface area (Å²) in [6.45, 7) is 7.95. The van der Waals surface area contributed by atoms with Crippen LogP contribution in [0.4, 0.5) is 11.5 Å². The lowest BCUT2D eigenvalue weighted by Gasteiger charge is -2.36. The molecule has 0 saturated carbocycles. The van der Waals surface area contributed by atoms with Gasteiger partial charge in [0.1, 0.15) is 17.0 Å². The fourth-order valence-corrected chi connectivity index (χ4v) is 5.05. The van der Waals surface area contributed by atoms with E-state index in [0.29, 0.717) is 45.9 Å². The summed E-state index contributed by atoms with van der Waals surface area (Å²) in [5.41, 5.74) is 4.11. The number of fused-ring (bicyclic) bond motifs is 1.